The van der Waals surface area contributed by atoms with Gasteiger partial charge in [-0.3, -0.25) is 4.79 Å². The lowest BCUT2D eigenvalue weighted by Crippen LogP contribution is -2.40. The maximum atomic E-state index is 12.6. The van der Waals surface area contributed by atoms with Crippen LogP contribution in [0.25, 0.3) is 0 Å². The Morgan fingerprint density at radius 2 is 1.59 bits per heavy atom. The van der Waals surface area contributed by atoms with E-state index in [0.29, 0.717) is 16.5 Å². The average molecular weight is 407 g/mol. The Bertz CT molecular complexity index is 900. The lowest BCUT2D eigenvalue weighted by molar-refractivity contribution is 0.102. The third-order valence-electron chi connectivity index (χ3n) is 3.36. The molecule has 2 aromatic rings. The molecule has 0 unspecified atom stereocenters. The molecule has 0 atom stereocenters. The predicted molar refractivity (Wildman–Crippen MR) is 112 cm³/mol. The second-order valence-corrected chi connectivity index (χ2v) is 10.8. The van der Waals surface area contributed by atoms with Gasteiger partial charge in [0, 0.05) is 21.4 Å². The molecule has 2 N–H and O–H groups in total. The molecule has 1 amide bonds. The monoisotopic (exact) mass is 406 g/mol. The first-order valence-electron chi connectivity index (χ1n) is 8.69. The number of carbonyl (C=O) groups excluding carboxylic acids is 1. The summed E-state index contributed by atoms with van der Waals surface area (Å²) in [5.74, 6) is -0.220. The Hall–Kier alpha value is -1.83. The van der Waals surface area contributed by atoms with Gasteiger partial charge in [-0.25, -0.2) is 13.1 Å². The molecule has 0 spiro atoms. The van der Waals surface area contributed by atoms with Crippen LogP contribution < -0.4 is 10.0 Å². The molecule has 0 fully saturated rings. The number of anilines is 1. The molecule has 0 heterocycles. The van der Waals surface area contributed by atoms with Gasteiger partial charge in [0.1, 0.15) is 0 Å². The number of carbonyl (C=O) groups is 1. The van der Waals surface area contributed by atoms with Crippen molar-refractivity contribution in [3.8, 4) is 0 Å². The molecule has 146 valence electrons. The lowest BCUT2D eigenvalue weighted by Gasteiger charge is -2.20. The van der Waals surface area contributed by atoms with E-state index >= 15 is 0 Å². The van der Waals surface area contributed by atoms with E-state index in [-0.39, 0.29) is 10.8 Å². The highest BCUT2D eigenvalue weighted by Crippen LogP contribution is 2.27. The highest BCUT2D eigenvalue weighted by molar-refractivity contribution is 8.00. The lowest BCUT2D eigenvalue weighted by atomic mass is 10.1. The van der Waals surface area contributed by atoms with Gasteiger partial charge >= 0.3 is 0 Å². The van der Waals surface area contributed by atoms with Crippen molar-refractivity contribution in [2.45, 2.75) is 55.2 Å². The zero-order valence-corrected chi connectivity index (χ0v) is 17.9. The molecule has 0 radical (unpaired) electrons. The van der Waals surface area contributed by atoms with Gasteiger partial charge in [0.25, 0.3) is 5.91 Å². The summed E-state index contributed by atoms with van der Waals surface area (Å²) in [7, 11) is -3.60. The number of nitrogens with one attached hydrogen (secondary N) is 2. The summed E-state index contributed by atoms with van der Waals surface area (Å²) in [6.07, 6.45) is 0. The van der Waals surface area contributed by atoms with Crippen molar-refractivity contribution in [2.75, 3.05) is 5.32 Å². The van der Waals surface area contributed by atoms with Crippen LogP contribution in [0.15, 0.2) is 58.3 Å². The second-order valence-electron chi connectivity index (χ2n) is 7.50. The van der Waals surface area contributed by atoms with E-state index in [2.05, 4.69) is 23.9 Å². The maximum Gasteiger partial charge on any atom is 0.256 e. The van der Waals surface area contributed by atoms with Gasteiger partial charge < -0.3 is 5.32 Å². The minimum atomic E-state index is -3.60. The average Bonchev–Trinajstić information content (AvgIpc) is 2.53. The fourth-order valence-electron chi connectivity index (χ4n) is 2.39. The van der Waals surface area contributed by atoms with Gasteiger partial charge in [0.2, 0.25) is 10.0 Å². The normalized spacial score (nSPS) is 12.2. The van der Waals surface area contributed by atoms with Crippen LogP contribution in [0, 0.1) is 0 Å². The van der Waals surface area contributed by atoms with Gasteiger partial charge in [0.05, 0.1) is 10.5 Å². The Labute approximate surface area is 166 Å². The molecule has 5 nitrogen and oxygen atoms in total. The van der Waals surface area contributed by atoms with E-state index in [1.807, 2.05) is 18.2 Å². The Morgan fingerprint density at radius 3 is 2.15 bits per heavy atom. The molecule has 0 aliphatic rings. The Kier molecular flexibility index (Phi) is 6.72. The van der Waals surface area contributed by atoms with E-state index in [1.54, 1.807) is 50.7 Å². The number of hydrogen-bond acceptors (Lipinski definition) is 4. The molecule has 27 heavy (non-hydrogen) atoms. The molecule has 2 rings (SSSR count). The summed E-state index contributed by atoms with van der Waals surface area (Å²) in [6, 6.07) is 13.6. The third kappa shape index (κ3) is 6.37. The summed E-state index contributed by atoms with van der Waals surface area (Å²) >= 11 is 1.63. The number of hydrogen-bond donors (Lipinski definition) is 2. The van der Waals surface area contributed by atoms with E-state index in [1.165, 1.54) is 12.1 Å². The smallest absolute Gasteiger partial charge is 0.256 e. The molecule has 0 saturated heterocycles. The fraction of sp³-hybridized carbons (Fsp3) is 0.350. The first-order chi connectivity index (χ1) is 12.5. The van der Waals surface area contributed by atoms with E-state index in [9.17, 15) is 13.2 Å². The van der Waals surface area contributed by atoms with E-state index < -0.39 is 15.6 Å². The highest BCUT2D eigenvalue weighted by atomic mass is 32.2. The van der Waals surface area contributed by atoms with Crippen LogP contribution in [0.2, 0.25) is 0 Å². The van der Waals surface area contributed by atoms with Gasteiger partial charge in [-0.15, -0.1) is 11.8 Å². The van der Waals surface area contributed by atoms with Gasteiger partial charge in [0.15, 0.2) is 0 Å². The van der Waals surface area contributed by atoms with Crippen molar-refractivity contribution < 1.29 is 13.2 Å². The van der Waals surface area contributed by atoms with Gasteiger partial charge in [-0.2, -0.15) is 0 Å². The summed E-state index contributed by atoms with van der Waals surface area (Å²) in [5.41, 5.74) is 0.574. The van der Waals surface area contributed by atoms with Crippen LogP contribution in [0.3, 0.4) is 0 Å². The summed E-state index contributed by atoms with van der Waals surface area (Å²) in [6.45, 7) is 9.50. The van der Waals surface area contributed by atoms with Crippen molar-refractivity contribution in [1.82, 2.24) is 4.72 Å². The van der Waals surface area contributed by atoms with Crippen molar-refractivity contribution in [3.05, 3.63) is 54.1 Å². The largest absolute Gasteiger partial charge is 0.322 e. The topological polar surface area (TPSA) is 75.3 Å². The number of thioether (sulfide) groups is 1. The molecule has 0 bridgehead atoms. The molecule has 7 heteroatoms. The highest BCUT2D eigenvalue weighted by Gasteiger charge is 2.22. The molecule has 0 aliphatic heterocycles. The Balaban J connectivity index is 2.17. The molecule has 0 saturated carbocycles. The fourth-order valence-corrected chi connectivity index (χ4v) is 4.76. The molecule has 0 aromatic heterocycles. The summed E-state index contributed by atoms with van der Waals surface area (Å²) < 4.78 is 27.3. The summed E-state index contributed by atoms with van der Waals surface area (Å²) in [4.78, 5) is 13.7. The zero-order valence-electron chi connectivity index (χ0n) is 16.2. The number of rotatable bonds is 6. The van der Waals surface area contributed by atoms with Crippen molar-refractivity contribution in [2.24, 2.45) is 0 Å². The molecule has 0 aliphatic carbocycles. The number of benzene rings is 2. The quantitative estimate of drug-likeness (QED) is 0.692. The van der Waals surface area contributed by atoms with Crippen LogP contribution in [-0.4, -0.2) is 25.1 Å². The third-order valence-corrected chi connectivity index (χ3v) is 6.21. The minimum Gasteiger partial charge on any atom is -0.322 e. The SMILES string of the molecule is CC(C)Sc1ccccc1C(=O)Nc1ccc(S(=O)(=O)NC(C)(C)C)cc1. The first-order valence-corrected chi connectivity index (χ1v) is 11.1. The number of amides is 1. The number of sulfonamides is 1. The standard InChI is InChI=1S/C20H26N2O3S2/c1-14(2)26-18-9-7-6-8-17(18)19(23)21-15-10-12-16(13-11-15)27(24,25)22-20(3,4)5/h6-14,22H,1-5H3,(H,21,23). The van der Waals surface area contributed by atoms with Crippen LogP contribution in [-0.2, 0) is 10.0 Å². The molecule has 2 aromatic carbocycles. The Morgan fingerprint density at radius 1 is 1.00 bits per heavy atom. The molecular formula is C20H26N2O3S2. The summed E-state index contributed by atoms with van der Waals surface area (Å²) in [5, 5.41) is 3.19. The first kappa shape index (κ1) is 21.5. The van der Waals surface area contributed by atoms with Crippen molar-refractivity contribution in [1.29, 1.82) is 0 Å². The predicted octanol–water partition coefficient (Wildman–Crippen LogP) is 4.52. The molecular weight excluding hydrogens is 380 g/mol. The van der Waals surface area contributed by atoms with Crippen LogP contribution in [0.4, 0.5) is 5.69 Å². The maximum absolute atomic E-state index is 12.6. The zero-order chi connectivity index (χ0) is 20.2. The van der Waals surface area contributed by atoms with E-state index in [0.717, 1.165) is 4.90 Å². The van der Waals surface area contributed by atoms with E-state index in [4.69, 9.17) is 0 Å². The second kappa shape index (κ2) is 8.46. The van der Waals surface area contributed by atoms with Crippen LogP contribution in [0.1, 0.15) is 45.0 Å². The van der Waals surface area contributed by atoms with Crippen molar-refractivity contribution >= 4 is 33.4 Å². The van der Waals surface area contributed by atoms with Crippen LogP contribution >= 0.6 is 11.8 Å². The van der Waals surface area contributed by atoms with Crippen molar-refractivity contribution in [3.63, 3.8) is 0 Å². The van der Waals surface area contributed by atoms with Gasteiger partial charge in [-0.05, 0) is 57.2 Å². The van der Waals surface area contributed by atoms with Crippen LogP contribution in [0.5, 0.6) is 0 Å². The van der Waals surface area contributed by atoms with Gasteiger partial charge in [-0.1, -0.05) is 26.0 Å². The minimum absolute atomic E-state index is 0.159.